The van der Waals surface area contributed by atoms with Crippen molar-refractivity contribution in [2.75, 3.05) is 6.61 Å². The van der Waals surface area contributed by atoms with E-state index in [1.54, 1.807) is 6.08 Å². The van der Waals surface area contributed by atoms with Gasteiger partial charge in [0, 0.05) is 0 Å². The number of ether oxygens (including phenoxy) is 1. The maximum atomic E-state index is 8.60. The summed E-state index contributed by atoms with van der Waals surface area (Å²) < 4.78 is 4.66. The summed E-state index contributed by atoms with van der Waals surface area (Å²) in [5.41, 5.74) is 0. The van der Waals surface area contributed by atoms with Crippen molar-refractivity contribution < 1.29 is 9.84 Å². The summed E-state index contributed by atoms with van der Waals surface area (Å²) in [7, 11) is 0. The second kappa shape index (κ2) is 4.56. The molecule has 0 bridgehead atoms. The zero-order valence-electron chi connectivity index (χ0n) is 4.71. The molecule has 0 saturated carbocycles. The molecule has 0 heterocycles. The van der Waals surface area contributed by atoms with Gasteiger partial charge in [0.15, 0.2) is 6.29 Å². The summed E-state index contributed by atoms with van der Waals surface area (Å²) in [6.45, 7) is 7.06. The molecule has 46 valence electrons. The molecule has 1 atom stereocenters. The summed E-state index contributed by atoms with van der Waals surface area (Å²) in [4.78, 5) is 0. The van der Waals surface area contributed by atoms with Crippen LogP contribution in [0.25, 0.3) is 0 Å². The molecular weight excluding hydrogens is 104 g/mol. The van der Waals surface area contributed by atoms with E-state index in [1.165, 1.54) is 6.08 Å². The van der Waals surface area contributed by atoms with Crippen molar-refractivity contribution in [2.24, 2.45) is 0 Å². The molecule has 0 unspecified atom stereocenters. The molecule has 0 fully saturated rings. The lowest BCUT2D eigenvalue weighted by molar-refractivity contribution is -0.0519. The monoisotopic (exact) mass is 114 g/mol. The molecule has 0 rings (SSSR count). The Labute approximate surface area is 49.1 Å². The van der Waals surface area contributed by atoms with Crippen LogP contribution in [0.2, 0.25) is 0 Å². The van der Waals surface area contributed by atoms with Gasteiger partial charge in [-0.2, -0.15) is 0 Å². The van der Waals surface area contributed by atoms with Crippen LogP contribution in [0.15, 0.2) is 25.3 Å². The van der Waals surface area contributed by atoms with E-state index < -0.39 is 6.29 Å². The van der Waals surface area contributed by atoms with Gasteiger partial charge < -0.3 is 9.84 Å². The van der Waals surface area contributed by atoms with Crippen molar-refractivity contribution in [2.45, 2.75) is 6.29 Å². The molecule has 1 N–H and O–H groups in total. The van der Waals surface area contributed by atoms with Crippen LogP contribution in [0.4, 0.5) is 0 Å². The highest BCUT2D eigenvalue weighted by atomic mass is 16.6. The molecule has 8 heavy (non-hydrogen) atoms. The lowest BCUT2D eigenvalue weighted by Crippen LogP contribution is -2.06. The van der Waals surface area contributed by atoms with Gasteiger partial charge in [0.1, 0.15) is 0 Å². The standard InChI is InChI=1S/C6H10O2/c1-3-5-8-6(7)4-2/h3-4,6-7H,1-2,5H2/t6-/m0/s1. The number of rotatable bonds is 4. The van der Waals surface area contributed by atoms with Crippen molar-refractivity contribution >= 4 is 0 Å². The van der Waals surface area contributed by atoms with E-state index in [1.807, 2.05) is 0 Å². The minimum atomic E-state index is -0.854. The predicted molar refractivity (Wildman–Crippen MR) is 32.4 cm³/mol. The molecule has 0 saturated heterocycles. The first kappa shape index (κ1) is 7.40. The van der Waals surface area contributed by atoms with E-state index in [2.05, 4.69) is 17.9 Å². The number of aliphatic hydroxyl groups is 1. The third-order valence-electron chi connectivity index (χ3n) is 0.586. The lowest BCUT2D eigenvalue weighted by atomic mass is 10.6. The fourth-order valence-electron chi connectivity index (χ4n) is 0.235. The second-order valence-corrected chi connectivity index (χ2v) is 1.25. The Morgan fingerprint density at radius 1 is 1.62 bits per heavy atom. The minimum absolute atomic E-state index is 0.354. The van der Waals surface area contributed by atoms with Crippen LogP contribution in [0.3, 0.4) is 0 Å². The maximum absolute atomic E-state index is 8.60. The molecule has 0 aliphatic carbocycles. The van der Waals surface area contributed by atoms with Crippen LogP contribution >= 0.6 is 0 Å². The Hall–Kier alpha value is -0.600. The van der Waals surface area contributed by atoms with Gasteiger partial charge in [0.2, 0.25) is 0 Å². The first-order valence-corrected chi connectivity index (χ1v) is 2.34. The van der Waals surface area contributed by atoms with Crippen molar-refractivity contribution in [1.29, 1.82) is 0 Å². The van der Waals surface area contributed by atoms with Gasteiger partial charge in [-0.05, 0) is 6.08 Å². The van der Waals surface area contributed by atoms with E-state index in [0.717, 1.165) is 0 Å². The van der Waals surface area contributed by atoms with E-state index in [0.29, 0.717) is 6.61 Å². The largest absolute Gasteiger partial charge is 0.365 e. The normalized spacial score (nSPS) is 12.6. The number of hydrogen-bond donors (Lipinski definition) is 1. The van der Waals surface area contributed by atoms with Crippen molar-refractivity contribution in [1.82, 2.24) is 0 Å². The Morgan fingerprint density at radius 2 is 2.25 bits per heavy atom. The van der Waals surface area contributed by atoms with Crippen LogP contribution < -0.4 is 0 Å². The van der Waals surface area contributed by atoms with Gasteiger partial charge in [0.25, 0.3) is 0 Å². The van der Waals surface area contributed by atoms with Gasteiger partial charge in [-0.15, -0.1) is 6.58 Å². The van der Waals surface area contributed by atoms with E-state index in [-0.39, 0.29) is 0 Å². The molecule has 2 nitrogen and oxygen atoms in total. The third-order valence-corrected chi connectivity index (χ3v) is 0.586. The molecule has 0 spiro atoms. The van der Waals surface area contributed by atoms with Crippen LogP contribution in [0.5, 0.6) is 0 Å². The first-order valence-electron chi connectivity index (χ1n) is 2.34. The third kappa shape index (κ3) is 3.59. The highest BCUT2D eigenvalue weighted by Gasteiger charge is 1.90. The van der Waals surface area contributed by atoms with Crippen LogP contribution in [0, 0.1) is 0 Å². The smallest absolute Gasteiger partial charge is 0.174 e. The zero-order chi connectivity index (χ0) is 6.41. The summed E-state index contributed by atoms with van der Waals surface area (Å²) in [6, 6.07) is 0. The minimum Gasteiger partial charge on any atom is -0.365 e. The van der Waals surface area contributed by atoms with E-state index >= 15 is 0 Å². The molecule has 0 aliphatic heterocycles. The summed E-state index contributed by atoms with van der Waals surface area (Å²) in [5.74, 6) is 0. The predicted octanol–water partition coefficient (Wildman–Crippen LogP) is 0.693. The quantitative estimate of drug-likeness (QED) is 0.430. The Bertz CT molecular complexity index is 78.6. The summed E-state index contributed by atoms with van der Waals surface area (Å²) in [5, 5.41) is 8.60. The average Bonchev–Trinajstić information content (AvgIpc) is 1.83. The van der Waals surface area contributed by atoms with Gasteiger partial charge in [-0.1, -0.05) is 12.7 Å². The molecule has 0 aromatic rings. The molecule has 0 radical (unpaired) electrons. The molecular formula is C6H10O2. The van der Waals surface area contributed by atoms with Crippen molar-refractivity contribution in [3.05, 3.63) is 25.3 Å². The van der Waals surface area contributed by atoms with E-state index in [9.17, 15) is 0 Å². The lowest BCUT2D eigenvalue weighted by Gasteiger charge is -2.01. The van der Waals surface area contributed by atoms with E-state index in [4.69, 9.17) is 5.11 Å². The molecule has 0 aromatic heterocycles. The van der Waals surface area contributed by atoms with Crippen LogP contribution in [-0.4, -0.2) is 18.0 Å². The van der Waals surface area contributed by atoms with Crippen LogP contribution in [-0.2, 0) is 4.74 Å². The Kier molecular flexibility index (Phi) is 4.21. The topological polar surface area (TPSA) is 29.5 Å². The zero-order valence-corrected chi connectivity index (χ0v) is 4.71. The SMILES string of the molecule is C=CCO[C@H](O)C=C. The molecule has 0 amide bonds. The average molecular weight is 114 g/mol. The van der Waals surface area contributed by atoms with Gasteiger partial charge in [0.05, 0.1) is 6.61 Å². The first-order chi connectivity index (χ1) is 3.81. The summed E-state index contributed by atoms with van der Waals surface area (Å²) >= 11 is 0. The van der Waals surface area contributed by atoms with Gasteiger partial charge >= 0.3 is 0 Å². The fraction of sp³-hybridized carbons (Fsp3) is 0.333. The fourth-order valence-corrected chi connectivity index (χ4v) is 0.235. The van der Waals surface area contributed by atoms with Gasteiger partial charge in [-0.25, -0.2) is 0 Å². The van der Waals surface area contributed by atoms with Crippen molar-refractivity contribution in [3.63, 3.8) is 0 Å². The second-order valence-electron chi connectivity index (χ2n) is 1.25. The molecule has 0 aliphatic rings. The Morgan fingerprint density at radius 3 is 2.62 bits per heavy atom. The van der Waals surface area contributed by atoms with Gasteiger partial charge in [-0.3, -0.25) is 0 Å². The number of aliphatic hydroxyl groups excluding tert-OH is 1. The molecule has 2 heteroatoms. The number of hydrogen-bond acceptors (Lipinski definition) is 2. The highest BCUT2D eigenvalue weighted by Crippen LogP contribution is 1.85. The molecule has 0 aromatic carbocycles. The summed E-state index contributed by atoms with van der Waals surface area (Å²) in [6.07, 6.45) is 2.02. The van der Waals surface area contributed by atoms with Crippen LogP contribution in [0.1, 0.15) is 0 Å². The highest BCUT2D eigenvalue weighted by molar-refractivity contribution is 4.72. The maximum Gasteiger partial charge on any atom is 0.174 e. The van der Waals surface area contributed by atoms with Crippen molar-refractivity contribution in [3.8, 4) is 0 Å². The Balaban J connectivity index is 3.09.